The van der Waals surface area contributed by atoms with Crippen molar-refractivity contribution in [1.82, 2.24) is 9.13 Å². The van der Waals surface area contributed by atoms with Gasteiger partial charge < -0.3 is 9.30 Å². The first kappa shape index (κ1) is 25.0. The molecule has 0 N–H and O–H groups in total. The maximum atomic E-state index is 13.8. The Morgan fingerprint density at radius 1 is 1.11 bits per heavy atom. The number of esters is 1. The van der Waals surface area contributed by atoms with Gasteiger partial charge in [-0.1, -0.05) is 53.3 Å². The van der Waals surface area contributed by atoms with E-state index in [-0.39, 0.29) is 12.2 Å². The lowest BCUT2D eigenvalue weighted by Gasteiger charge is -2.24. The van der Waals surface area contributed by atoms with Gasteiger partial charge in [0.2, 0.25) is 0 Å². The van der Waals surface area contributed by atoms with Crippen molar-refractivity contribution in [3.05, 3.63) is 119 Å². The largest absolute Gasteiger partial charge is 0.463 e. The molecule has 6 nitrogen and oxygen atoms in total. The highest BCUT2D eigenvalue weighted by Gasteiger charge is 2.33. The van der Waals surface area contributed by atoms with Crippen LogP contribution < -0.4 is 14.9 Å². The highest BCUT2D eigenvalue weighted by atomic mass is 35.5. The number of carbonyl (C=O) groups excluding carboxylic acids is 1. The van der Waals surface area contributed by atoms with Gasteiger partial charge in [-0.2, -0.15) is 0 Å². The number of halogens is 1. The zero-order valence-corrected chi connectivity index (χ0v) is 22.6. The first-order valence-electron chi connectivity index (χ1n) is 12.0. The minimum Gasteiger partial charge on any atom is -0.463 e. The highest BCUT2D eigenvalue weighted by molar-refractivity contribution is 7.07. The zero-order valence-electron chi connectivity index (χ0n) is 21.0. The van der Waals surface area contributed by atoms with Crippen molar-refractivity contribution in [2.45, 2.75) is 33.7 Å². The Labute approximate surface area is 223 Å². The maximum absolute atomic E-state index is 13.8. The summed E-state index contributed by atoms with van der Waals surface area (Å²) in [5.41, 5.74) is 5.57. The van der Waals surface area contributed by atoms with Gasteiger partial charge >= 0.3 is 5.97 Å². The van der Waals surface area contributed by atoms with Gasteiger partial charge in [-0.3, -0.25) is 9.36 Å². The van der Waals surface area contributed by atoms with Crippen molar-refractivity contribution < 1.29 is 9.53 Å². The summed E-state index contributed by atoms with van der Waals surface area (Å²) in [5.74, 6) is -0.460. The van der Waals surface area contributed by atoms with E-state index in [0.717, 1.165) is 28.2 Å². The normalized spacial score (nSPS) is 15.5. The SMILES string of the molecule is CCOC(=O)C1=C(C)N=c2s/c(=C\c3cc(C)n(-c4ccc(Cl)cc4)c3C)c(=O)n2C1c1ccccc1. The third kappa shape index (κ3) is 4.49. The number of ether oxygens (including phenoxy) is 1. The van der Waals surface area contributed by atoms with Gasteiger partial charge in [-0.25, -0.2) is 9.79 Å². The van der Waals surface area contributed by atoms with Crippen LogP contribution in [0.5, 0.6) is 0 Å². The van der Waals surface area contributed by atoms with E-state index < -0.39 is 12.0 Å². The molecule has 3 heterocycles. The average molecular weight is 532 g/mol. The minimum absolute atomic E-state index is 0.191. The van der Waals surface area contributed by atoms with Crippen molar-refractivity contribution >= 4 is 35.0 Å². The van der Waals surface area contributed by atoms with Crippen molar-refractivity contribution in [3.63, 3.8) is 0 Å². The third-order valence-corrected chi connectivity index (χ3v) is 7.71. The van der Waals surface area contributed by atoms with Crippen LogP contribution in [0.2, 0.25) is 5.02 Å². The fourth-order valence-electron chi connectivity index (χ4n) is 4.80. The topological polar surface area (TPSA) is 65.6 Å². The van der Waals surface area contributed by atoms with Crippen molar-refractivity contribution in [1.29, 1.82) is 0 Å². The molecule has 0 radical (unpaired) electrons. The molecule has 2 aromatic heterocycles. The lowest BCUT2D eigenvalue weighted by atomic mass is 9.96. The fourth-order valence-corrected chi connectivity index (χ4v) is 5.97. The van der Waals surface area contributed by atoms with Crippen LogP contribution in [0, 0.1) is 13.8 Å². The molecule has 0 amide bonds. The molecule has 0 aliphatic carbocycles. The quantitative estimate of drug-likeness (QED) is 0.345. The number of aryl methyl sites for hydroxylation is 1. The number of fused-ring (bicyclic) bond motifs is 1. The van der Waals surface area contributed by atoms with Gasteiger partial charge in [0, 0.05) is 22.1 Å². The van der Waals surface area contributed by atoms with Crippen LogP contribution in [0.25, 0.3) is 11.8 Å². The van der Waals surface area contributed by atoms with Crippen LogP contribution in [-0.4, -0.2) is 21.7 Å². The molecule has 1 atom stereocenters. The Balaban J connectivity index is 1.68. The van der Waals surface area contributed by atoms with Gasteiger partial charge in [0.25, 0.3) is 5.56 Å². The smallest absolute Gasteiger partial charge is 0.338 e. The molecular weight excluding hydrogens is 506 g/mol. The van der Waals surface area contributed by atoms with Crippen molar-refractivity contribution in [3.8, 4) is 5.69 Å². The van der Waals surface area contributed by atoms with Gasteiger partial charge in [0.15, 0.2) is 4.80 Å². The van der Waals surface area contributed by atoms with Gasteiger partial charge in [-0.05, 0) is 75.2 Å². The predicted molar refractivity (Wildman–Crippen MR) is 147 cm³/mol. The molecule has 5 rings (SSSR count). The van der Waals surface area contributed by atoms with E-state index in [2.05, 4.69) is 15.6 Å². The second-order valence-corrected chi connectivity index (χ2v) is 10.3. The maximum Gasteiger partial charge on any atom is 0.338 e. The van der Waals surface area contributed by atoms with Crippen LogP contribution in [0.3, 0.4) is 0 Å². The summed E-state index contributed by atoms with van der Waals surface area (Å²) in [7, 11) is 0. The van der Waals surface area contributed by atoms with E-state index >= 15 is 0 Å². The molecule has 0 fully saturated rings. The summed E-state index contributed by atoms with van der Waals surface area (Å²) in [5, 5.41) is 0.679. The van der Waals surface area contributed by atoms with E-state index in [1.807, 2.05) is 74.5 Å². The Kier molecular flexibility index (Phi) is 6.75. The third-order valence-electron chi connectivity index (χ3n) is 6.47. The van der Waals surface area contributed by atoms with Crippen LogP contribution in [0.4, 0.5) is 0 Å². The molecule has 2 aromatic carbocycles. The number of thiazole rings is 1. The number of rotatable bonds is 5. The first-order chi connectivity index (χ1) is 17.8. The van der Waals surface area contributed by atoms with Gasteiger partial charge in [0.1, 0.15) is 0 Å². The number of carbonyl (C=O) groups is 1. The number of aromatic nitrogens is 2. The van der Waals surface area contributed by atoms with Crippen LogP contribution in [0.15, 0.2) is 81.7 Å². The molecule has 4 aromatic rings. The van der Waals surface area contributed by atoms with Crippen LogP contribution in [-0.2, 0) is 9.53 Å². The lowest BCUT2D eigenvalue weighted by Crippen LogP contribution is -2.39. The molecule has 1 aliphatic heterocycles. The molecule has 0 spiro atoms. The summed E-state index contributed by atoms with van der Waals surface area (Å²) >= 11 is 7.40. The van der Waals surface area contributed by atoms with E-state index in [1.165, 1.54) is 11.3 Å². The Hall–Kier alpha value is -3.68. The number of hydrogen-bond acceptors (Lipinski definition) is 5. The Bertz CT molecular complexity index is 1710. The van der Waals surface area contributed by atoms with Crippen LogP contribution in [0.1, 0.15) is 42.4 Å². The Morgan fingerprint density at radius 2 is 1.81 bits per heavy atom. The lowest BCUT2D eigenvalue weighted by molar-refractivity contribution is -0.139. The number of hydrogen-bond donors (Lipinski definition) is 0. The monoisotopic (exact) mass is 531 g/mol. The van der Waals surface area contributed by atoms with Gasteiger partial charge in [0.05, 0.1) is 28.5 Å². The molecule has 0 saturated carbocycles. The molecular formula is C29H26ClN3O3S. The molecule has 8 heteroatoms. The second-order valence-electron chi connectivity index (χ2n) is 8.85. The summed E-state index contributed by atoms with van der Waals surface area (Å²) < 4.78 is 9.65. The van der Waals surface area contributed by atoms with E-state index in [0.29, 0.717) is 25.6 Å². The summed E-state index contributed by atoms with van der Waals surface area (Å²) in [6.45, 7) is 7.86. The van der Waals surface area contributed by atoms with Gasteiger partial charge in [-0.15, -0.1) is 0 Å². The molecule has 0 saturated heterocycles. The standard InChI is InChI=1S/C29H26ClN3O3S/c1-5-36-28(35)25-18(3)31-29-33(26(25)20-9-7-6-8-10-20)27(34)24(37-29)16-21-15-17(2)32(19(21)4)23-13-11-22(30)12-14-23/h6-16,26H,5H2,1-4H3/b24-16-. The highest BCUT2D eigenvalue weighted by Crippen LogP contribution is 2.30. The molecule has 37 heavy (non-hydrogen) atoms. The molecule has 0 bridgehead atoms. The second kappa shape index (κ2) is 10.00. The van der Waals surface area contributed by atoms with Crippen LogP contribution >= 0.6 is 22.9 Å². The summed E-state index contributed by atoms with van der Waals surface area (Å²) in [6, 6.07) is 18.7. The predicted octanol–water partition coefficient (Wildman–Crippen LogP) is 4.86. The van der Waals surface area contributed by atoms with E-state index in [1.54, 1.807) is 18.4 Å². The first-order valence-corrected chi connectivity index (χ1v) is 13.2. The summed E-state index contributed by atoms with van der Waals surface area (Å²) in [4.78, 5) is 32.0. The Morgan fingerprint density at radius 3 is 2.49 bits per heavy atom. The number of allylic oxidation sites excluding steroid dienone is 1. The molecule has 1 unspecified atom stereocenters. The number of benzene rings is 2. The average Bonchev–Trinajstić information content (AvgIpc) is 3.33. The van der Waals surface area contributed by atoms with Crippen molar-refractivity contribution in [2.24, 2.45) is 4.99 Å². The number of nitrogens with zero attached hydrogens (tertiary/aromatic N) is 3. The summed E-state index contributed by atoms with van der Waals surface area (Å²) in [6.07, 6.45) is 1.91. The fraction of sp³-hybridized carbons (Fsp3) is 0.207. The zero-order chi connectivity index (χ0) is 26.3. The van der Waals surface area contributed by atoms with Crippen molar-refractivity contribution in [2.75, 3.05) is 6.61 Å². The van der Waals surface area contributed by atoms with E-state index in [9.17, 15) is 9.59 Å². The minimum atomic E-state index is -0.611. The molecule has 1 aliphatic rings. The van der Waals surface area contributed by atoms with E-state index in [4.69, 9.17) is 16.3 Å². The molecule has 188 valence electrons.